The van der Waals surface area contributed by atoms with Gasteiger partial charge in [-0.15, -0.1) is 0 Å². The molecule has 3 rings (SSSR count). The molecule has 6 nitrogen and oxygen atoms in total. The first-order valence-electron chi connectivity index (χ1n) is 11.7. The molecule has 0 aliphatic heterocycles. The summed E-state index contributed by atoms with van der Waals surface area (Å²) < 4.78 is 72.9. The normalized spacial score (nSPS) is 11.4. The number of halogens is 3. The highest BCUT2D eigenvalue weighted by Gasteiger charge is 2.36. The molecule has 0 saturated heterocycles. The van der Waals surface area contributed by atoms with E-state index in [0.717, 1.165) is 50.4 Å². The third-order valence-corrected chi connectivity index (χ3v) is 6.02. The number of alkyl halides is 3. The number of hydrogen-bond acceptors (Lipinski definition) is 5. The lowest BCUT2D eigenvalue weighted by Crippen LogP contribution is -2.38. The van der Waals surface area contributed by atoms with Gasteiger partial charge in [-0.1, -0.05) is 35.4 Å². The highest BCUT2D eigenvalue weighted by atomic mass is 32.2. The molecular weight excluding hydrogens is 507 g/mol. The third-order valence-electron chi connectivity index (χ3n) is 5.46. The molecule has 0 aliphatic carbocycles. The lowest BCUT2D eigenvalue weighted by molar-refractivity contribution is -0.686. The van der Waals surface area contributed by atoms with Gasteiger partial charge < -0.3 is 14.0 Å². The Morgan fingerprint density at radius 1 is 0.757 bits per heavy atom. The number of nitrogens with zero attached hydrogens (tertiary/aromatic N) is 1. The first-order valence-corrected chi connectivity index (χ1v) is 13.2. The number of pyridine rings is 1. The first kappa shape index (κ1) is 30.1. The van der Waals surface area contributed by atoms with Gasteiger partial charge in [-0.2, -0.15) is 13.2 Å². The number of ether oxygens (including phenoxy) is 2. The van der Waals surface area contributed by atoms with Crippen LogP contribution in [0.1, 0.15) is 35.4 Å². The van der Waals surface area contributed by atoms with Crippen LogP contribution in [0.4, 0.5) is 13.2 Å². The second-order valence-corrected chi connectivity index (χ2v) is 9.87. The Bertz CT molecular complexity index is 1140. The van der Waals surface area contributed by atoms with Crippen molar-refractivity contribution in [2.75, 3.05) is 13.2 Å². The fourth-order valence-corrected chi connectivity index (χ4v) is 3.34. The van der Waals surface area contributed by atoms with Crippen LogP contribution in [0.15, 0.2) is 66.7 Å². The second kappa shape index (κ2) is 14.0. The first-order chi connectivity index (χ1) is 17.4. The van der Waals surface area contributed by atoms with Gasteiger partial charge in [-0.05, 0) is 57.0 Å². The molecule has 0 aliphatic rings. The lowest BCUT2D eigenvalue weighted by atomic mass is 10.1. The van der Waals surface area contributed by atoms with Crippen molar-refractivity contribution in [3.63, 3.8) is 0 Å². The quantitative estimate of drug-likeness (QED) is 0.153. The van der Waals surface area contributed by atoms with Crippen LogP contribution in [0.2, 0.25) is 0 Å². The SMILES string of the molecule is Cc1ccc(OCCCc2cccc(CCCOc3ccc(C)cc3)[n+]2C)cc1.O=S(=O)([O-])C(F)(F)F. The molecule has 0 radical (unpaired) electrons. The van der Waals surface area contributed by atoms with Gasteiger partial charge in [-0.25, -0.2) is 13.0 Å². The molecule has 3 aromatic rings. The zero-order chi connectivity index (χ0) is 27.5. The van der Waals surface area contributed by atoms with Crippen LogP contribution in [0.5, 0.6) is 11.5 Å². The summed E-state index contributed by atoms with van der Waals surface area (Å²) in [7, 11) is -3.93. The van der Waals surface area contributed by atoms with Gasteiger partial charge in [0.1, 0.15) is 18.5 Å². The summed E-state index contributed by atoms with van der Waals surface area (Å²) in [6.07, 6.45) is 4.02. The summed E-state index contributed by atoms with van der Waals surface area (Å²) in [6, 6.07) is 23.1. The Balaban J connectivity index is 0.000000521. The number of hydrogen-bond donors (Lipinski definition) is 0. The van der Waals surface area contributed by atoms with Gasteiger partial charge in [0.15, 0.2) is 21.5 Å². The van der Waals surface area contributed by atoms with Crippen molar-refractivity contribution >= 4 is 10.1 Å². The van der Waals surface area contributed by atoms with Crippen molar-refractivity contribution in [1.82, 2.24) is 0 Å². The molecule has 0 fully saturated rings. The minimum Gasteiger partial charge on any atom is -0.741 e. The number of rotatable bonds is 10. The molecule has 1 aromatic heterocycles. The zero-order valence-electron chi connectivity index (χ0n) is 21.1. The van der Waals surface area contributed by atoms with Gasteiger partial charge in [0.05, 0.1) is 13.2 Å². The van der Waals surface area contributed by atoms with Crippen molar-refractivity contribution in [2.45, 2.75) is 45.0 Å². The monoisotopic (exact) mass is 539 g/mol. The highest BCUT2D eigenvalue weighted by Crippen LogP contribution is 2.20. The van der Waals surface area contributed by atoms with E-state index in [2.05, 4.69) is 67.9 Å². The van der Waals surface area contributed by atoms with Crippen molar-refractivity contribution < 1.29 is 40.2 Å². The molecule has 0 spiro atoms. The second-order valence-electron chi connectivity index (χ2n) is 8.50. The zero-order valence-corrected chi connectivity index (χ0v) is 21.9. The van der Waals surface area contributed by atoms with Crippen LogP contribution in [0, 0.1) is 13.8 Å². The van der Waals surface area contributed by atoms with Gasteiger partial charge in [-0.3, -0.25) is 0 Å². The predicted octanol–water partition coefficient (Wildman–Crippen LogP) is 5.20. The van der Waals surface area contributed by atoms with E-state index in [4.69, 9.17) is 22.4 Å². The molecular formula is C27H32F3NO5S. The minimum atomic E-state index is -6.09. The minimum absolute atomic E-state index is 0.734. The van der Waals surface area contributed by atoms with E-state index in [1.54, 1.807) is 0 Å². The fraction of sp³-hybridized carbons (Fsp3) is 0.370. The molecule has 0 unspecified atom stereocenters. The van der Waals surface area contributed by atoms with E-state index >= 15 is 0 Å². The van der Waals surface area contributed by atoms with Gasteiger partial charge in [0, 0.05) is 25.0 Å². The van der Waals surface area contributed by atoms with Crippen LogP contribution >= 0.6 is 0 Å². The highest BCUT2D eigenvalue weighted by molar-refractivity contribution is 7.86. The number of aryl methyl sites for hydroxylation is 4. The standard InChI is InChI=1S/C26H32NO2.CHF3O3S/c1-21-11-15-25(16-12-21)28-19-5-9-23-7-4-8-24(27(23)3)10-6-20-29-26-17-13-22(2)14-18-26;2-1(3,4)8(5,6)7/h4,7-8,11-18H,5-6,9-10,19-20H2,1-3H3;(H,5,6,7)/q+1;/p-1. The van der Waals surface area contributed by atoms with E-state index in [-0.39, 0.29) is 0 Å². The van der Waals surface area contributed by atoms with Gasteiger partial charge in [0.2, 0.25) is 0 Å². The Labute approximate surface area is 216 Å². The molecule has 202 valence electrons. The summed E-state index contributed by atoms with van der Waals surface area (Å²) in [6.45, 7) is 5.65. The predicted molar refractivity (Wildman–Crippen MR) is 133 cm³/mol. The molecule has 2 aromatic carbocycles. The Morgan fingerprint density at radius 3 is 1.43 bits per heavy atom. The van der Waals surface area contributed by atoms with Crippen molar-refractivity contribution in [3.05, 3.63) is 89.2 Å². The number of benzene rings is 2. The van der Waals surface area contributed by atoms with E-state index in [0.29, 0.717) is 0 Å². The number of aromatic nitrogens is 1. The summed E-state index contributed by atoms with van der Waals surface area (Å²) in [5, 5.41) is 0. The fourth-order valence-electron chi connectivity index (χ4n) is 3.34. The summed E-state index contributed by atoms with van der Waals surface area (Å²) in [5.41, 5.74) is -0.452. The topological polar surface area (TPSA) is 79.5 Å². The van der Waals surface area contributed by atoms with Crippen LogP contribution in [-0.4, -0.2) is 31.7 Å². The third kappa shape index (κ3) is 10.8. The average Bonchev–Trinajstić information content (AvgIpc) is 2.83. The molecule has 37 heavy (non-hydrogen) atoms. The molecule has 0 atom stereocenters. The van der Waals surface area contributed by atoms with Crippen molar-refractivity contribution in [3.8, 4) is 11.5 Å². The van der Waals surface area contributed by atoms with Crippen molar-refractivity contribution in [2.24, 2.45) is 7.05 Å². The van der Waals surface area contributed by atoms with Crippen LogP contribution in [0.3, 0.4) is 0 Å². The molecule has 0 saturated carbocycles. The summed E-state index contributed by atoms with van der Waals surface area (Å²) in [5.74, 6) is 1.89. The lowest BCUT2D eigenvalue weighted by Gasteiger charge is -2.08. The van der Waals surface area contributed by atoms with Crippen LogP contribution in [0.25, 0.3) is 0 Å². The van der Waals surface area contributed by atoms with Crippen LogP contribution in [-0.2, 0) is 30.0 Å². The maximum absolute atomic E-state index is 10.7. The van der Waals surface area contributed by atoms with Crippen LogP contribution < -0.4 is 14.0 Å². The van der Waals surface area contributed by atoms with Crippen molar-refractivity contribution in [1.29, 1.82) is 0 Å². The largest absolute Gasteiger partial charge is 0.741 e. The maximum atomic E-state index is 10.7. The van der Waals surface area contributed by atoms with Gasteiger partial charge >= 0.3 is 5.51 Å². The smallest absolute Gasteiger partial charge is 0.485 e. The molecule has 10 heteroatoms. The molecule has 0 amide bonds. The Kier molecular flexibility index (Phi) is 11.4. The van der Waals surface area contributed by atoms with E-state index in [9.17, 15) is 13.2 Å². The van der Waals surface area contributed by atoms with E-state index in [1.165, 1.54) is 22.5 Å². The Hall–Kier alpha value is -3.11. The van der Waals surface area contributed by atoms with E-state index < -0.39 is 15.6 Å². The molecule has 0 N–H and O–H groups in total. The average molecular weight is 540 g/mol. The Morgan fingerprint density at radius 2 is 1.11 bits per heavy atom. The van der Waals surface area contributed by atoms with Gasteiger partial charge in [0.25, 0.3) is 0 Å². The van der Waals surface area contributed by atoms with E-state index in [1.807, 2.05) is 24.3 Å². The molecule has 0 bridgehead atoms. The molecule has 1 heterocycles. The maximum Gasteiger partial charge on any atom is 0.485 e. The summed E-state index contributed by atoms with van der Waals surface area (Å²) in [4.78, 5) is 0. The summed E-state index contributed by atoms with van der Waals surface area (Å²) >= 11 is 0.